The van der Waals surface area contributed by atoms with Crippen molar-refractivity contribution in [3.63, 3.8) is 0 Å². The van der Waals surface area contributed by atoms with Crippen molar-refractivity contribution in [2.24, 2.45) is 0 Å². The molecule has 0 aromatic heterocycles. The van der Waals surface area contributed by atoms with Crippen LogP contribution in [0.25, 0.3) is 0 Å². The van der Waals surface area contributed by atoms with Gasteiger partial charge < -0.3 is 20.1 Å². The lowest BCUT2D eigenvalue weighted by atomic mass is 10.1. The number of anilines is 1. The van der Waals surface area contributed by atoms with E-state index in [0.29, 0.717) is 18.8 Å². The Morgan fingerprint density at radius 2 is 2.20 bits per heavy atom. The number of urea groups is 1. The van der Waals surface area contributed by atoms with Gasteiger partial charge in [0.2, 0.25) is 0 Å². The molecule has 0 radical (unpaired) electrons. The summed E-state index contributed by atoms with van der Waals surface area (Å²) in [4.78, 5) is 24.7. The number of benzene rings is 1. The number of likely N-dealkylation sites (N-methyl/N-ethyl adjacent to an activating group) is 1. The Balaban J connectivity index is 2.99. The quantitative estimate of drug-likeness (QED) is 0.783. The first-order valence-electron chi connectivity index (χ1n) is 6.11. The molecule has 0 saturated heterocycles. The Hall–Kier alpha value is -2.50. The number of amides is 2. The van der Waals surface area contributed by atoms with E-state index < -0.39 is 5.97 Å². The Labute approximate surface area is 117 Å². The summed E-state index contributed by atoms with van der Waals surface area (Å²) in [6, 6.07) is 4.08. The predicted octanol–water partition coefficient (Wildman–Crippen LogP) is 2.43. The van der Waals surface area contributed by atoms with Crippen LogP contribution in [0.3, 0.4) is 0 Å². The van der Waals surface area contributed by atoms with Crippen LogP contribution in [0.1, 0.15) is 17.3 Å². The fraction of sp³-hybridized carbons (Fsp3) is 0.286. The molecule has 1 aromatic carbocycles. The Kier molecular flexibility index (Phi) is 5.58. The number of methoxy groups -OCH3 is 1. The SMILES string of the molecule is C=CCN(CC)C(=O)Nc1ccc(OC)cc1C(=O)O. The van der Waals surface area contributed by atoms with E-state index >= 15 is 0 Å². The molecule has 6 heteroatoms. The van der Waals surface area contributed by atoms with Crippen LogP contribution in [-0.4, -0.2) is 42.2 Å². The normalized spacial score (nSPS) is 9.70. The topological polar surface area (TPSA) is 78.9 Å². The molecule has 0 unspecified atom stereocenters. The number of rotatable bonds is 6. The summed E-state index contributed by atoms with van der Waals surface area (Å²) < 4.78 is 4.97. The number of carboxylic acid groups (broad SMARTS) is 1. The third kappa shape index (κ3) is 3.74. The summed E-state index contributed by atoms with van der Waals surface area (Å²) in [6.45, 7) is 6.29. The maximum absolute atomic E-state index is 12.0. The summed E-state index contributed by atoms with van der Waals surface area (Å²) in [5, 5.41) is 11.7. The average Bonchev–Trinajstić information content (AvgIpc) is 2.44. The third-order valence-electron chi connectivity index (χ3n) is 2.72. The molecule has 0 saturated carbocycles. The van der Waals surface area contributed by atoms with Gasteiger partial charge in [-0.3, -0.25) is 0 Å². The molecule has 0 aliphatic rings. The van der Waals surface area contributed by atoms with Crippen LogP contribution in [0.5, 0.6) is 5.75 Å². The van der Waals surface area contributed by atoms with Gasteiger partial charge in [-0.25, -0.2) is 9.59 Å². The van der Waals surface area contributed by atoms with Crippen molar-refractivity contribution in [1.82, 2.24) is 4.90 Å². The molecule has 0 fully saturated rings. The summed E-state index contributed by atoms with van der Waals surface area (Å²) in [5.41, 5.74) is 0.207. The van der Waals surface area contributed by atoms with Crippen LogP contribution in [0.4, 0.5) is 10.5 Å². The summed E-state index contributed by atoms with van der Waals surface area (Å²) in [6.07, 6.45) is 1.61. The first kappa shape index (κ1) is 15.6. The highest BCUT2D eigenvalue weighted by Crippen LogP contribution is 2.22. The molecule has 0 aliphatic heterocycles. The number of nitrogens with zero attached hydrogens (tertiary/aromatic N) is 1. The van der Waals surface area contributed by atoms with E-state index in [2.05, 4.69) is 11.9 Å². The molecule has 2 amide bonds. The molecular weight excluding hydrogens is 260 g/mol. The number of aromatic carboxylic acids is 1. The lowest BCUT2D eigenvalue weighted by Crippen LogP contribution is -2.35. The molecule has 1 aromatic rings. The second-order valence-electron chi connectivity index (χ2n) is 3.97. The number of hydrogen-bond donors (Lipinski definition) is 2. The molecule has 1 rings (SSSR count). The largest absolute Gasteiger partial charge is 0.497 e. The number of ether oxygens (including phenoxy) is 1. The molecule has 0 aliphatic carbocycles. The van der Waals surface area contributed by atoms with Crippen LogP contribution >= 0.6 is 0 Å². The zero-order valence-electron chi connectivity index (χ0n) is 11.5. The van der Waals surface area contributed by atoms with Crippen molar-refractivity contribution in [3.05, 3.63) is 36.4 Å². The number of nitrogens with one attached hydrogen (secondary N) is 1. The fourth-order valence-corrected chi connectivity index (χ4v) is 1.64. The number of carboxylic acids is 1. The molecule has 6 nitrogen and oxygen atoms in total. The van der Waals surface area contributed by atoms with Gasteiger partial charge in [0.05, 0.1) is 18.4 Å². The highest BCUT2D eigenvalue weighted by atomic mass is 16.5. The number of hydrogen-bond acceptors (Lipinski definition) is 3. The van der Waals surface area contributed by atoms with Crippen molar-refractivity contribution in [3.8, 4) is 5.75 Å². The Bertz CT molecular complexity index is 514. The highest BCUT2D eigenvalue weighted by molar-refractivity contribution is 6.00. The second kappa shape index (κ2) is 7.18. The molecule has 0 spiro atoms. The standard InChI is InChI=1S/C14H18N2O4/c1-4-8-16(5-2)14(19)15-12-7-6-10(20-3)9-11(12)13(17)18/h4,6-7,9H,1,5,8H2,2-3H3,(H,15,19)(H,17,18). The van der Waals surface area contributed by atoms with Crippen molar-refractivity contribution < 1.29 is 19.4 Å². The lowest BCUT2D eigenvalue weighted by molar-refractivity contribution is 0.0697. The molecule has 108 valence electrons. The maximum Gasteiger partial charge on any atom is 0.337 e. The second-order valence-corrected chi connectivity index (χ2v) is 3.97. The maximum atomic E-state index is 12.0. The van der Waals surface area contributed by atoms with Crippen LogP contribution in [0.15, 0.2) is 30.9 Å². The summed E-state index contributed by atoms with van der Waals surface area (Å²) in [7, 11) is 1.45. The van der Waals surface area contributed by atoms with E-state index in [9.17, 15) is 9.59 Å². The van der Waals surface area contributed by atoms with Crippen LogP contribution < -0.4 is 10.1 Å². The molecule has 20 heavy (non-hydrogen) atoms. The zero-order chi connectivity index (χ0) is 15.1. The predicted molar refractivity (Wildman–Crippen MR) is 76.4 cm³/mol. The Morgan fingerprint density at radius 3 is 2.70 bits per heavy atom. The molecule has 0 heterocycles. The van der Waals surface area contributed by atoms with Crippen LogP contribution in [0.2, 0.25) is 0 Å². The molecule has 2 N–H and O–H groups in total. The van der Waals surface area contributed by atoms with Gasteiger partial charge in [-0.2, -0.15) is 0 Å². The monoisotopic (exact) mass is 278 g/mol. The number of carbonyl (C=O) groups excluding carboxylic acids is 1. The molecule has 0 bridgehead atoms. The first-order chi connectivity index (χ1) is 9.53. The van der Waals surface area contributed by atoms with Gasteiger partial charge in [0.1, 0.15) is 5.75 Å². The van der Waals surface area contributed by atoms with Gasteiger partial charge >= 0.3 is 12.0 Å². The first-order valence-corrected chi connectivity index (χ1v) is 6.11. The number of carbonyl (C=O) groups is 2. The Morgan fingerprint density at radius 1 is 1.50 bits per heavy atom. The third-order valence-corrected chi connectivity index (χ3v) is 2.72. The van der Waals surface area contributed by atoms with E-state index in [0.717, 1.165) is 0 Å². The fourth-order valence-electron chi connectivity index (χ4n) is 1.64. The minimum absolute atomic E-state index is 0.0210. The van der Waals surface area contributed by atoms with Crippen LogP contribution in [-0.2, 0) is 0 Å². The van der Waals surface area contributed by atoms with Gasteiger partial charge in [-0.05, 0) is 25.1 Å². The van der Waals surface area contributed by atoms with E-state index in [4.69, 9.17) is 9.84 Å². The van der Waals surface area contributed by atoms with Gasteiger partial charge in [-0.1, -0.05) is 6.08 Å². The van der Waals surface area contributed by atoms with E-state index in [-0.39, 0.29) is 17.3 Å². The zero-order valence-corrected chi connectivity index (χ0v) is 11.5. The molecule has 0 atom stereocenters. The van der Waals surface area contributed by atoms with Gasteiger partial charge in [0, 0.05) is 13.1 Å². The van der Waals surface area contributed by atoms with Gasteiger partial charge in [0.15, 0.2) is 0 Å². The summed E-state index contributed by atoms with van der Waals surface area (Å²) >= 11 is 0. The molecular formula is C14H18N2O4. The van der Waals surface area contributed by atoms with Crippen molar-refractivity contribution >= 4 is 17.7 Å². The highest BCUT2D eigenvalue weighted by Gasteiger charge is 2.16. The van der Waals surface area contributed by atoms with E-state index in [1.54, 1.807) is 12.1 Å². The van der Waals surface area contributed by atoms with Crippen molar-refractivity contribution in [2.45, 2.75) is 6.92 Å². The smallest absolute Gasteiger partial charge is 0.337 e. The van der Waals surface area contributed by atoms with E-state index in [1.165, 1.54) is 24.1 Å². The van der Waals surface area contributed by atoms with Crippen molar-refractivity contribution in [1.29, 1.82) is 0 Å². The van der Waals surface area contributed by atoms with Crippen LogP contribution in [0, 0.1) is 0 Å². The lowest BCUT2D eigenvalue weighted by Gasteiger charge is -2.20. The average molecular weight is 278 g/mol. The minimum Gasteiger partial charge on any atom is -0.497 e. The van der Waals surface area contributed by atoms with E-state index in [1.807, 2.05) is 6.92 Å². The van der Waals surface area contributed by atoms with Crippen molar-refractivity contribution in [2.75, 3.05) is 25.5 Å². The van der Waals surface area contributed by atoms with Gasteiger partial charge in [0.25, 0.3) is 0 Å². The summed E-state index contributed by atoms with van der Waals surface area (Å²) in [5.74, 6) is -0.718. The minimum atomic E-state index is -1.13. The van der Waals surface area contributed by atoms with Gasteiger partial charge in [-0.15, -0.1) is 6.58 Å².